The number of hydrogen-bond donors (Lipinski definition) is 1. The lowest BCUT2D eigenvalue weighted by atomic mass is 9.94. The van der Waals surface area contributed by atoms with E-state index in [0.29, 0.717) is 22.9 Å². The lowest BCUT2D eigenvalue weighted by Crippen LogP contribution is -2.38. The van der Waals surface area contributed by atoms with Crippen LogP contribution in [0.3, 0.4) is 0 Å². The maximum atomic E-state index is 13.0. The summed E-state index contributed by atoms with van der Waals surface area (Å²) in [5, 5.41) is 3.09. The summed E-state index contributed by atoms with van der Waals surface area (Å²) in [5.41, 5.74) is 2.20. The summed E-state index contributed by atoms with van der Waals surface area (Å²) in [6, 6.07) is 14.9. The molecule has 146 valence electrons. The van der Waals surface area contributed by atoms with E-state index in [2.05, 4.69) is 9.71 Å². The van der Waals surface area contributed by atoms with Gasteiger partial charge < -0.3 is 15.0 Å². The van der Waals surface area contributed by atoms with Crippen molar-refractivity contribution >= 4 is 21.8 Å². The molecule has 3 aliphatic heterocycles. The molecular formula is C21H17N3O4S. The number of carbonyl (C=O) groups excluding carboxylic acids is 1. The van der Waals surface area contributed by atoms with E-state index < -0.39 is 10.0 Å². The molecule has 0 saturated heterocycles. The molecule has 0 aromatic heterocycles. The molecule has 1 amide bonds. The fourth-order valence-corrected chi connectivity index (χ4v) is 4.58. The molecule has 2 aromatic rings. The van der Waals surface area contributed by atoms with Gasteiger partial charge in [-0.1, -0.05) is 36.4 Å². The van der Waals surface area contributed by atoms with Crippen molar-refractivity contribution in [3.05, 3.63) is 83.6 Å². The average Bonchev–Trinajstić information content (AvgIpc) is 2.72. The highest BCUT2D eigenvalue weighted by atomic mass is 32.2. The Morgan fingerprint density at radius 1 is 1.03 bits per heavy atom. The van der Waals surface area contributed by atoms with E-state index in [9.17, 15) is 13.2 Å². The Balaban J connectivity index is 1.45. The molecule has 7 nitrogen and oxygen atoms in total. The van der Waals surface area contributed by atoms with Gasteiger partial charge in [-0.3, -0.25) is 4.79 Å². The first-order valence-corrected chi connectivity index (χ1v) is 10.8. The van der Waals surface area contributed by atoms with Gasteiger partial charge in [0.05, 0.1) is 17.4 Å². The average molecular weight is 407 g/mol. The number of nitrogens with zero attached hydrogens (tertiary/aromatic N) is 2. The molecule has 29 heavy (non-hydrogen) atoms. The van der Waals surface area contributed by atoms with Crippen LogP contribution in [-0.4, -0.2) is 37.4 Å². The van der Waals surface area contributed by atoms with E-state index in [0.717, 1.165) is 11.1 Å². The van der Waals surface area contributed by atoms with Crippen molar-refractivity contribution in [2.24, 2.45) is 4.40 Å². The fourth-order valence-electron chi connectivity index (χ4n) is 3.62. The maximum Gasteiger partial charge on any atom is 0.256 e. The number of hydrogen-bond acceptors (Lipinski definition) is 5. The lowest BCUT2D eigenvalue weighted by Gasteiger charge is -2.30. The molecule has 0 spiro atoms. The van der Waals surface area contributed by atoms with Crippen LogP contribution in [0.25, 0.3) is 0 Å². The van der Waals surface area contributed by atoms with Gasteiger partial charge in [-0.05, 0) is 24.3 Å². The zero-order chi connectivity index (χ0) is 20.0. The van der Waals surface area contributed by atoms with Gasteiger partial charge >= 0.3 is 0 Å². The number of amidine groups is 1. The molecule has 0 saturated carbocycles. The minimum Gasteiger partial charge on any atom is -0.457 e. The van der Waals surface area contributed by atoms with Crippen LogP contribution in [0.5, 0.6) is 11.5 Å². The summed E-state index contributed by atoms with van der Waals surface area (Å²) in [6.45, 7) is 0.269. The Morgan fingerprint density at radius 2 is 1.69 bits per heavy atom. The van der Waals surface area contributed by atoms with Crippen molar-refractivity contribution in [2.75, 3.05) is 12.3 Å². The maximum absolute atomic E-state index is 13.0. The number of carbonyl (C=O) groups is 1. The van der Waals surface area contributed by atoms with Crippen LogP contribution in [0.15, 0.2) is 76.9 Å². The molecule has 8 heteroatoms. The zero-order valence-corrected chi connectivity index (χ0v) is 16.1. The number of sulfonamides is 1. The van der Waals surface area contributed by atoms with Crippen molar-refractivity contribution in [2.45, 2.75) is 6.04 Å². The summed E-state index contributed by atoms with van der Waals surface area (Å²) < 4.78 is 33.0. The molecule has 3 heterocycles. The van der Waals surface area contributed by atoms with E-state index in [-0.39, 0.29) is 24.2 Å². The van der Waals surface area contributed by atoms with Gasteiger partial charge in [0.1, 0.15) is 17.3 Å². The van der Waals surface area contributed by atoms with Crippen LogP contribution in [0.1, 0.15) is 17.2 Å². The highest BCUT2D eigenvalue weighted by molar-refractivity contribution is 7.90. The molecular weight excluding hydrogens is 390 g/mol. The van der Waals surface area contributed by atoms with Gasteiger partial charge in [0.15, 0.2) is 0 Å². The third-order valence-corrected chi connectivity index (χ3v) is 6.21. The normalized spacial score (nSPS) is 19.1. The van der Waals surface area contributed by atoms with Crippen molar-refractivity contribution in [1.82, 2.24) is 10.2 Å². The minimum absolute atomic E-state index is 0.0730. The molecule has 0 bridgehead atoms. The highest BCUT2D eigenvalue weighted by Crippen LogP contribution is 2.42. The Kier molecular flexibility index (Phi) is 4.02. The third-order valence-electron chi connectivity index (χ3n) is 5.04. The summed E-state index contributed by atoms with van der Waals surface area (Å²) in [6.07, 6.45) is 4.78. The van der Waals surface area contributed by atoms with Gasteiger partial charge in [0.25, 0.3) is 15.9 Å². The van der Waals surface area contributed by atoms with Crippen molar-refractivity contribution in [3.8, 4) is 11.5 Å². The van der Waals surface area contributed by atoms with Crippen LogP contribution in [0.2, 0.25) is 0 Å². The molecule has 0 fully saturated rings. The van der Waals surface area contributed by atoms with Gasteiger partial charge in [-0.2, -0.15) is 0 Å². The van der Waals surface area contributed by atoms with Crippen LogP contribution in [-0.2, 0) is 14.8 Å². The summed E-state index contributed by atoms with van der Waals surface area (Å²) >= 11 is 0. The Morgan fingerprint density at radius 3 is 2.38 bits per heavy atom. The largest absolute Gasteiger partial charge is 0.457 e. The van der Waals surface area contributed by atoms with E-state index in [1.54, 1.807) is 23.3 Å². The number of amides is 1. The number of para-hydroxylation sites is 2. The second-order valence-corrected chi connectivity index (χ2v) is 8.69. The van der Waals surface area contributed by atoms with Crippen molar-refractivity contribution in [1.29, 1.82) is 0 Å². The van der Waals surface area contributed by atoms with Crippen LogP contribution in [0.4, 0.5) is 0 Å². The molecule has 0 atom stereocenters. The predicted molar refractivity (Wildman–Crippen MR) is 108 cm³/mol. The molecule has 3 aliphatic rings. The van der Waals surface area contributed by atoms with Crippen molar-refractivity contribution in [3.63, 3.8) is 0 Å². The SMILES string of the molecule is O=C(NC1c2ccccc2Oc2ccccc21)C1=CN2CCS(=O)(=O)N=C2C=C1. The van der Waals surface area contributed by atoms with E-state index in [1.165, 1.54) is 0 Å². The molecule has 0 unspecified atom stereocenters. The van der Waals surface area contributed by atoms with Crippen molar-refractivity contribution < 1.29 is 17.9 Å². The van der Waals surface area contributed by atoms with Crippen LogP contribution in [0, 0.1) is 0 Å². The third kappa shape index (κ3) is 3.21. The van der Waals surface area contributed by atoms with E-state index in [1.807, 2.05) is 48.5 Å². The van der Waals surface area contributed by atoms with Gasteiger partial charge in [-0.25, -0.2) is 8.42 Å². The number of nitrogens with one attached hydrogen (secondary N) is 1. The molecule has 0 aliphatic carbocycles. The topological polar surface area (TPSA) is 88.1 Å². The highest BCUT2D eigenvalue weighted by Gasteiger charge is 2.30. The number of benzene rings is 2. The number of rotatable bonds is 2. The minimum atomic E-state index is -3.43. The second-order valence-electron chi connectivity index (χ2n) is 6.93. The molecule has 2 aromatic carbocycles. The van der Waals surface area contributed by atoms with E-state index >= 15 is 0 Å². The Hall–Kier alpha value is -3.39. The first-order chi connectivity index (χ1) is 14.0. The van der Waals surface area contributed by atoms with Gasteiger partial charge in [0.2, 0.25) is 0 Å². The Bertz CT molecular complexity index is 1170. The van der Waals surface area contributed by atoms with Crippen LogP contribution >= 0.6 is 0 Å². The van der Waals surface area contributed by atoms with Gasteiger partial charge in [0, 0.05) is 23.9 Å². The molecule has 1 N–H and O–H groups in total. The second kappa shape index (κ2) is 6.59. The standard InChI is InChI=1S/C21H17N3O4S/c25-21(14-9-10-19-23-29(26,27)12-11-24(19)13-14)22-20-15-5-1-3-7-17(15)28-18-8-4-2-6-16(18)20/h1-10,13,20H,11-12H2,(H,22,25). The first-order valence-electron chi connectivity index (χ1n) is 9.16. The van der Waals surface area contributed by atoms with E-state index in [4.69, 9.17) is 4.74 Å². The van der Waals surface area contributed by atoms with Crippen LogP contribution < -0.4 is 10.1 Å². The zero-order valence-electron chi connectivity index (χ0n) is 15.3. The predicted octanol–water partition coefficient (Wildman–Crippen LogP) is 2.50. The van der Waals surface area contributed by atoms with Gasteiger partial charge in [-0.15, -0.1) is 4.40 Å². The summed E-state index contributed by atoms with van der Waals surface area (Å²) in [7, 11) is -3.43. The quantitative estimate of drug-likeness (QED) is 0.826. The summed E-state index contributed by atoms with van der Waals surface area (Å²) in [4.78, 5) is 14.7. The number of ether oxygens (including phenoxy) is 1. The molecule has 5 rings (SSSR count). The Labute approximate surface area is 168 Å². The monoisotopic (exact) mass is 407 g/mol. The number of fused-ring (bicyclic) bond motifs is 3. The molecule has 0 radical (unpaired) electrons. The first kappa shape index (κ1) is 17.7. The smallest absolute Gasteiger partial charge is 0.256 e. The fraction of sp³-hybridized carbons (Fsp3) is 0.143. The lowest BCUT2D eigenvalue weighted by molar-refractivity contribution is -0.117. The summed E-state index contributed by atoms with van der Waals surface area (Å²) in [5.74, 6) is 1.41.